The quantitative estimate of drug-likeness (QED) is 0.935. The SMILES string of the molecule is Cc1cc(C(C)OC(N)=O)ncc1-c1ccnc(C(F)(F)F)c1. The molecule has 0 aliphatic rings. The van der Waals surface area contributed by atoms with E-state index in [1.807, 2.05) is 0 Å². The molecule has 2 aromatic rings. The number of nitrogens with zero attached hydrogens (tertiary/aromatic N) is 2. The number of nitrogens with two attached hydrogens (primary N) is 1. The van der Waals surface area contributed by atoms with Crippen LogP contribution in [0.2, 0.25) is 0 Å². The highest BCUT2D eigenvalue weighted by atomic mass is 19.4. The highest BCUT2D eigenvalue weighted by Gasteiger charge is 2.32. The molecule has 0 aromatic carbocycles. The van der Waals surface area contributed by atoms with E-state index in [0.29, 0.717) is 22.4 Å². The second-order valence-electron chi connectivity index (χ2n) is 4.93. The van der Waals surface area contributed by atoms with Gasteiger partial charge in [-0.25, -0.2) is 4.79 Å². The van der Waals surface area contributed by atoms with Crippen LogP contribution in [0.15, 0.2) is 30.6 Å². The third-order valence-corrected chi connectivity index (χ3v) is 3.20. The normalized spacial score (nSPS) is 12.7. The molecule has 0 spiro atoms. The summed E-state index contributed by atoms with van der Waals surface area (Å²) >= 11 is 0. The van der Waals surface area contributed by atoms with Gasteiger partial charge in [-0.2, -0.15) is 13.2 Å². The number of aromatic nitrogens is 2. The van der Waals surface area contributed by atoms with Gasteiger partial charge in [0.25, 0.3) is 0 Å². The standard InChI is InChI=1S/C15H14F3N3O2/c1-8-5-12(9(2)23-14(19)22)21-7-11(8)10-3-4-20-13(6-10)15(16,17)18/h3-7,9H,1-2H3,(H2,19,22). The van der Waals surface area contributed by atoms with Crippen LogP contribution in [0, 0.1) is 6.92 Å². The highest BCUT2D eigenvalue weighted by Crippen LogP contribution is 2.31. The molecule has 0 saturated heterocycles. The Kier molecular flexibility index (Phi) is 4.53. The molecule has 0 aliphatic heterocycles. The van der Waals surface area contributed by atoms with E-state index < -0.39 is 24.1 Å². The van der Waals surface area contributed by atoms with Gasteiger partial charge in [0.15, 0.2) is 0 Å². The van der Waals surface area contributed by atoms with Crippen LogP contribution >= 0.6 is 0 Å². The monoisotopic (exact) mass is 325 g/mol. The molecule has 2 heterocycles. The minimum atomic E-state index is -4.51. The zero-order chi connectivity index (χ0) is 17.2. The van der Waals surface area contributed by atoms with Crippen LogP contribution in [0.5, 0.6) is 0 Å². The number of alkyl halides is 3. The number of hydrogen-bond donors (Lipinski definition) is 1. The summed E-state index contributed by atoms with van der Waals surface area (Å²) in [5.74, 6) is 0. The van der Waals surface area contributed by atoms with Crippen LogP contribution < -0.4 is 5.73 Å². The first-order valence-electron chi connectivity index (χ1n) is 6.64. The summed E-state index contributed by atoms with van der Waals surface area (Å²) < 4.78 is 43.0. The number of amides is 1. The Bertz CT molecular complexity index is 732. The van der Waals surface area contributed by atoms with Crippen molar-refractivity contribution in [3.8, 4) is 11.1 Å². The van der Waals surface area contributed by atoms with Crippen molar-refractivity contribution in [2.75, 3.05) is 0 Å². The molecule has 1 atom stereocenters. The minimum Gasteiger partial charge on any atom is -0.440 e. The van der Waals surface area contributed by atoms with Crippen LogP contribution in [-0.4, -0.2) is 16.1 Å². The summed E-state index contributed by atoms with van der Waals surface area (Å²) in [5, 5.41) is 0. The average Bonchev–Trinajstić information content (AvgIpc) is 2.45. The van der Waals surface area contributed by atoms with E-state index in [2.05, 4.69) is 9.97 Å². The van der Waals surface area contributed by atoms with Crippen LogP contribution in [0.1, 0.15) is 30.0 Å². The maximum atomic E-state index is 12.7. The Hall–Kier alpha value is -2.64. The van der Waals surface area contributed by atoms with Gasteiger partial charge < -0.3 is 10.5 Å². The molecule has 5 nitrogen and oxygen atoms in total. The summed E-state index contributed by atoms with van der Waals surface area (Å²) in [7, 11) is 0. The third-order valence-electron chi connectivity index (χ3n) is 3.20. The second kappa shape index (κ2) is 6.23. The Labute approximate surface area is 130 Å². The minimum absolute atomic E-state index is 0.354. The number of primary amides is 1. The zero-order valence-corrected chi connectivity index (χ0v) is 12.4. The fraction of sp³-hybridized carbons (Fsp3) is 0.267. The van der Waals surface area contributed by atoms with Gasteiger partial charge in [-0.3, -0.25) is 9.97 Å². The van der Waals surface area contributed by atoms with Crippen molar-refractivity contribution in [3.05, 3.63) is 47.5 Å². The number of aryl methyl sites for hydroxylation is 1. The number of carbonyl (C=O) groups excluding carboxylic acids is 1. The highest BCUT2D eigenvalue weighted by molar-refractivity contribution is 5.67. The summed E-state index contributed by atoms with van der Waals surface area (Å²) in [5.41, 5.74) is 6.01. The van der Waals surface area contributed by atoms with E-state index in [1.54, 1.807) is 19.9 Å². The van der Waals surface area contributed by atoms with Gasteiger partial charge in [0.2, 0.25) is 0 Å². The lowest BCUT2D eigenvalue weighted by molar-refractivity contribution is -0.141. The third kappa shape index (κ3) is 3.97. The van der Waals surface area contributed by atoms with Crippen molar-refractivity contribution >= 4 is 6.09 Å². The molecule has 0 saturated carbocycles. The predicted octanol–water partition coefficient (Wildman–Crippen LogP) is 3.63. The molecule has 0 radical (unpaired) electrons. The van der Waals surface area contributed by atoms with Crippen LogP contribution in [0.25, 0.3) is 11.1 Å². The Morgan fingerprint density at radius 2 is 2.00 bits per heavy atom. The van der Waals surface area contributed by atoms with Crippen molar-refractivity contribution in [3.63, 3.8) is 0 Å². The molecule has 122 valence electrons. The lowest BCUT2D eigenvalue weighted by Gasteiger charge is -2.14. The van der Waals surface area contributed by atoms with E-state index in [-0.39, 0.29) is 0 Å². The summed E-state index contributed by atoms with van der Waals surface area (Å²) in [6.07, 6.45) is -3.56. The van der Waals surface area contributed by atoms with Gasteiger partial charge >= 0.3 is 12.3 Å². The van der Waals surface area contributed by atoms with Crippen molar-refractivity contribution in [1.29, 1.82) is 0 Å². The number of pyridine rings is 2. The Morgan fingerprint density at radius 1 is 1.30 bits per heavy atom. The first kappa shape index (κ1) is 16.7. The lowest BCUT2D eigenvalue weighted by Crippen LogP contribution is -2.16. The van der Waals surface area contributed by atoms with Crippen molar-refractivity contribution in [2.24, 2.45) is 5.73 Å². The number of rotatable bonds is 3. The van der Waals surface area contributed by atoms with Gasteiger partial charge in [0.05, 0.1) is 5.69 Å². The van der Waals surface area contributed by atoms with Crippen molar-refractivity contribution in [2.45, 2.75) is 26.1 Å². The molecule has 0 fully saturated rings. The number of hydrogen-bond acceptors (Lipinski definition) is 4. The molecule has 0 aliphatic carbocycles. The van der Waals surface area contributed by atoms with E-state index in [4.69, 9.17) is 10.5 Å². The fourth-order valence-electron chi connectivity index (χ4n) is 2.09. The maximum Gasteiger partial charge on any atom is 0.433 e. The van der Waals surface area contributed by atoms with E-state index in [1.165, 1.54) is 12.3 Å². The first-order chi connectivity index (χ1) is 10.7. The largest absolute Gasteiger partial charge is 0.440 e. The fourth-order valence-corrected chi connectivity index (χ4v) is 2.09. The van der Waals surface area contributed by atoms with Crippen LogP contribution in [0.4, 0.5) is 18.0 Å². The Balaban J connectivity index is 2.37. The molecular formula is C15H14F3N3O2. The predicted molar refractivity (Wildman–Crippen MR) is 76.3 cm³/mol. The number of carbonyl (C=O) groups is 1. The number of ether oxygens (including phenoxy) is 1. The van der Waals surface area contributed by atoms with Crippen molar-refractivity contribution in [1.82, 2.24) is 9.97 Å². The molecule has 0 bridgehead atoms. The average molecular weight is 325 g/mol. The van der Waals surface area contributed by atoms with Gasteiger partial charge in [-0.05, 0) is 43.2 Å². The lowest BCUT2D eigenvalue weighted by atomic mass is 10.0. The van der Waals surface area contributed by atoms with Crippen molar-refractivity contribution < 1.29 is 22.7 Å². The molecule has 1 amide bonds. The van der Waals surface area contributed by atoms with E-state index in [0.717, 1.165) is 12.3 Å². The molecule has 23 heavy (non-hydrogen) atoms. The van der Waals surface area contributed by atoms with Crippen LogP contribution in [-0.2, 0) is 10.9 Å². The smallest absolute Gasteiger partial charge is 0.433 e. The number of halogens is 3. The van der Waals surface area contributed by atoms with E-state index >= 15 is 0 Å². The maximum absolute atomic E-state index is 12.7. The second-order valence-corrected chi connectivity index (χ2v) is 4.93. The topological polar surface area (TPSA) is 78.1 Å². The summed E-state index contributed by atoms with van der Waals surface area (Å²) in [6.45, 7) is 3.32. The van der Waals surface area contributed by atoms with Gasteiger partial charge in [0.1, 0.15) is 11.8 Å². The molecular weight excluding hydrogens is 311 g/mol. The molecule has 2 rings (SSSR count). The molecule has 1 unspecified atom stereocenters. The molecule has 2 N–H and O–H groups in total. The zero-order valence-electron chi connectivity index (χ0n) is 12.4. The van der Waals surface area contributed by atoms with E-state index in [9.17, 15) is 18.0 Å². The first-order valence-corrected chi connectivity index (χ1v) is 6.64. The van der Waals surface area contributed by atoms with Gasteiger partial charge in [-0.1, -0.05) is 0 Å². The van der Waals surface area contributed by atoms with Crippen LogP contribution in [0.3, 0.4) is 0 Å². The van der Waals surface area contributed by atoms with Gasteiger partial charge in [-0.15, -0.1) is 0 Å². The van der Waals surface area contributed by atoms with Gasteiger partial charge in [0, 0.05) is 18.0 Å². The molecule has 2 aromatic heterocycles. The summed E-state index contributed by atoms with van der Waals surface area (Å²) in [4.78, 5) is 18.2. The molecule has 8 heteroatoms. The Morgan fingerprint density at radius 3 is 2.57 bits per heavy atom. The summed E-state index contributed by atoms with van der Waals surface area (Å²) in [6, 6.07) is 4.08.